The van der Waals surface area contributed by atoms with Crippen LogP contribution in [-0.2, 0) is 16.6 Å². The van der Waals surface area contributed by atoms with Gasteiger partial charge in [0, 0.05) is 22.6 Å². The van der Waals surface area contributed by atoms with Gasteiger partial charge in [-0.2, -0.15) is 5.10 Å². The summed E-state index contributed by atoms with van der Waals surface area (Å²) in [5.74, 6) is -0.517. The molecule has 0 fully saturated rings. The zero-order chi connectivity index (χ0) is 30.6. The molecule has 0 bridgehead atoms. The summed E-state index contributed by atoms with van der Waals surface area (Å²) in [5, 5.41) is 4.26. The van der Waals surface area contributed by atoms with Crippen molar-refractivity contribution in [3.05, 3.63) is 148 Å². The molecule has 7 nitrogen and oxygen atoms in total. The molecule has 0 aliphatic rings. The summed E-state index contributed by atoms with van der Waals surface area (Å²) in [6.45, 7) is 8.27. The minimum absolute atomic E-state index is 0.0517. The monoisotopic (exact) mass is 590 g/mol. The first-order valence-electron chi connectivity index (χ1n) is 14.0. The normalized spacial score (nSPS) is 11.5. The first kappa shape index (κ1) is 29.5. The SMILES string of the molecule is Cc1ccc(-n2c(C)cc(C=NNC(=O)c3ccccc3N(Cc3ccccc3)S(=O)(=O)c3ccccc3)c2C)cc1C. The Morgan fingerprint density at radius 1 is 0.814 bits per heavy atom. The van der Waals surface area contributed by atoms with Crippen molar-refractivity contribution in [2.75, 3.05) is 4.31 Å². The lowest BCUT2D eigenvalue weighted by atomic mass is 10.1. The van der Waals surface area contributed by atoms with Gasteiger partial charge in [-0.1, -0.05) is 66.7 Å². The third-order valence-corrected chi connectivity index (χ3v) is 9.28. The fourth-order valence-electron chi connectivity index (χ4n) is 5.05. The van der Waals surface area contributed by atoms with Crippen LogP contribution in [0.5, 0.6) is 0 Å². The summed E-state index contributed by atoms with van der Waals surface area (Å²) in [6, 6.07) is 32.5. The zero-order valence-corrected chi connectivity index (χ0v) is 25.5. The van der Waals surface area contributed by atoms with Crippen molar-refractivity contribution in [1.29, 1.82) is 0 Å². The van der Waals surface area contributed by atoms with E-state index in [0.717, 1.165) is 28.2 Å². The van der Waals surface area contributed by atoms with Crippen LogP contribution in [0.15, 0.2) is 119 Å². The molecule has 0 aliphatic carbocycles. The second kappa shape index (κ2) is 12.5. The van der Waals surface area contributed by atoms with Gasteiger partial charge in [0.05, 0.1) is 28.9 Å². The third kappa shape index (κ3) is 6.29. The van der Waals surface area contributed by atoms with Crippen LogP contribution in [0.4, 0.5) is 5.69 Å². The van der Waals surface area contributed by atoms with Gasteiger partial charge in [0.15, 0.2) is 0 Å². The van der Waals surface area contributed by atoms with Crippen LogP contribution in [0.25, 0.3) is 5.69 Å². The second-order valence-corrected chi connectivity index (χ2v) is 12.3. The molecule has 0 radical (unpaired) electrons. The number of para-hydroxylation sites is 1. The summed E-state index contributed by atoms with van der Waals surface area (Å²) in [4.78, 5) is 13.6. The lowest BCUT2D eigenvalue weighted by molar-refractivity contribution is 0.0955. The second-order valence-electron chi connectivity index (χ2n) is 10.5. The molecule has 0 unspecified atom stereocenters. The number of nitrogens with one attached hydrogen (secondary N) is 1. The number of nitrogens with zero attached hydrogens (tertiary/aromatic N) is 3. The number of hydrogen-bond donors (Lipinski definition) is 1. The zero-order valence-electron chi connectivity index (χ0n) is 24.7. The number of aryl methyl sites for hydroxylation is 3. The first-order valence-corrected chi connectivity index (χ1v) is 15.4. The van der Waals surface area contributed by atoms with E-state index in [4.69, 9.17) is 0 Å². The molecular weight excluding hydrogens is 556 g/mol. The highest BCUT2D eigenvalue weighted by Crippen LogP contribution is 2.29. The van der Waals surface area contributed by atoms with Gasteiger partial charge in [-0.25, -0.2) is 13.8 Å². The molecule has 4 aromatic carbocycles. The number of hydrazone groups is 1. The Labute approximate surface area is 253 Å². The molecule has 43 heavy (non-hydrogen) atoms. The number of anilines is 1. The highest BCUT2D eigenvalue weighted by molar-refractivity contribution is 7.92. The maximum atomic E-state index is 13.9. The predicted octanol–water partition coefficient (Wildman–Crippen LogP) is 6.87. The van der Waals surface area contributed by atoms with Gasteiger partial charge in [0.2, 0.25) is 0 Å². The first-order chi connectivity index (χ1) is 20.7. The molecule has 5 rings (SSSR count). The van der Waals surface area contributed by atoms with Crippen LogP contribution in [-0.4, -0.2) is 25.1 Å². The lowest BCUT2D eigenvalue weighted by Gasteiger charge is -2.26. The third-order valence-electron chi connectivity index (χ3n) is 7.51. The average Bonchev–Trinajstić information content (AvgIpc) is 3.30. The van der Waals surface area contributed by atoms with Gasteiger partial charge in [0.25, 0.3) is 15.9 Å². The molecular formula is C35H34N4O3S. The van der Waals surface area contributed by atoms with Gasteiger partial charge in [-0.3, -0.25) is 9.10 Å². The summed E-state index contributed by atoms with van der Waals surface area (Å²) in [7, 11) is -4.00. The van der Waals surface area contributed by atoms with Crippen LogP contribution in [0.1, 0.15) is 44.0 Å². The number of hydrogen-bond acceptors (Lipinski definition) is 4. The van der Waals surface area contributed by atoms with Crippen LogP contribution in [0, 0.1) is 27.7 Å². The Balaban J connectivity index is 1.44. The van der Waals surface area contributed by atoms with Crippen molar-refractivity contribution < 1.29 is 13.2 Å². The van der Waals surface area contributed by atoms with Gasteiger partial charge in [-0.05, 0) is 86.8 Å². The van der Waals surface area contributed by atoms with E-state index in [2.05, 4.69) is 47.1 Å². The number of sulfonamides is 1. The van der Waals surface area contributed by atoms with Gasteiger partial charge >= 0.3 is 0 Å². The number of carbonyl (C=O) groups excluding carboxylic acids is 1. The molecule has 0 saturated heterocycles. The van der Waals surface area contributed by atoms with Gasteiger partial charge in [0.1, 0.15) is 0 Å². The fourth-order valence-corrected chi connectivity index (χ4v) is 6.55. The average molecular weight is 591 g/mol. The minimum Gasteiger partial charge on any atom is -0.318 e. The van der Waals surface area contributed by atoms with Crippen molar-refractivity contribution in [2.24, 2.45) is 5.10 Å². The van der Waals surface area contributed by atoms with Crippen LogP contribution >= 0.6 is 0 Å². The number of rotatable bonds is 9. The Morgan fingerprint density at radius 2 is 1.47 bits per heavy atom. The van der Waals surface area contributed by atoms with Gasteiger partial charge in [-0.15, -0.1) is 0 Å². The van der Waals surface area contributed by atoms with E-state index in [1.807, 2.05) is 50.2 Å². The summed E-state index contributed by atoms with van der Waals surface area (Å²) < 4.78 is 31.2. The lowest BCUT2D eigenvalue weighted by Crippen LogP contribution is -2.33. The minimum atomic E-state index is -4.00. The Kier molecular flexibility index (Phi) is 8.59. The summed E-state index contributed by atoms with van der Waals surface area (Å²) in [6.07, 6.45) is 1.61. The summed E-state index contributed by atoms with van der Waals surface area (Å²) >= 11 is 0. The van der Waals surface area contributed by atoms with Crippen LogP contribution in [0.2, 0.25) is 0 Å². The number of carbonyl (C=O) groups is 1. The highest BCUT2D eigenvalue weighted by Gasteiger charge is 2.28. The predicted molar refractivity (Wildman–Crippen MR) is 172 cm³/mol. The Hall–Kier alpha value is -4.95. The van der Waals surface area contributed by atoms with E-state index in [1.165, 1.54) is 15.4 Å². The molecule has 0 aliphatic heterocycles. The van der Waals surface area contributed by atoms with E-state index in [0.29, 0.717) is 0 Å². The topological polar surface area (TPSA) is 83.8 Å². The molecule has 1 heterocycles. The van der Waals surface area contributed by atoms with Crippen molar-refractivity contribution in [2.45, 2.75) is 39.1 Å². The van der Waals surface area contributed by atoms with Gasteiger partial charge < -0.3 is 4.57 Å². The molecule has 218 valence electrons. The number of amides is 1. The van der Waals surface area contributed by atoms with E-state index >= 15 is 0 Å². The quantitative estimate of drug-likeness (QED) is 0.150. The van der Waals surface area contributed by atoms with Crippen molar-refractivity contribution in [3.8, 4) is 5.69 Å². The van der Waals surface area contributed by atoms with Crippen LogP contribution < -0.4 is 9.73 Å². The molecule has 1 aromatic heterocycles. The molecule has 8 heteroatoms. The summed E-state index contributed by atoms with van der Waals surface area (Å²) in [5.41, 5.74) is 10.2. The van der Waals surface area contributed by atoms with Crippen LogP contribution in [0.3, 0.4) is 0 Å². The molecule has 0 atom stereocenters. The standard InChI is InChI=1S/C35H34N4O3S/c1-25-19-20-31(21-26(25)2)39-27(3)22-30(28(39)4)23-36-37-35(40)33-17-11-12-18-34(33)38(24-29-13-7-5-8-14-29)43(41,42)32-15-9-6-10-16-32/h5-23H,24H2,1-4H3,(H,37,40). The maximum Gasteiger partial charge on any atom is 0.273 e. The van der Waals surface area contributed by atoms with E-state index in [1.54, 1.807) is 60.8 Å². The Morgan fingerprint density at radius 3 is 2.16 bits per heavy atom. The van der Waals surface area contributed by atoms with Crippen molar-refractivity contribution in [1.82, 2.24) is 9.99 Å². The van der Waals surface area contributed by atoms with E-state index in [9.17, 15) is 13.2 Å². The molecule has 1 amide bonds. The molecule has 1 N–H and O–H groups in total. The molecule has 0 spiro atoms. The molecule has 0 saturated carbocycles. The maximum absolute atomic E-state index is 13.9. The van der Waals surface area contributed by atoms with E-state index < -0.39 is 15.9 Å². The number of benzene rings is 4. The molecule has 5 aromatic rings. The Bertz CT molecular complexity index is 1900. The van der Waals surface area contributed by atoms with Crippen molar-refractivity contribution in [3.63, 3.8) is 0 Å². The number of aromatic nitrogens is 1. The smallest absolute Gasteiger partial charge is 0.273 e. The highest BCUT2D eigenvalue weighted by atomic mass is 32.2. The fraction of sp³-hybridized carbons (Fsp3) is 0.143. The largest absolute Gasteiger partial charge is 0.318 e. The van der Waals surface area contributed by atoms with Crippen molar-refractivity contribution >= 4 is 27.8 Å². The van der Waals surface area contributed by atoms with E-state index in [-0.39, 0.29) is 22.7 Å².